The number of thiophene rings is 5. The summed E-state index contributed by atoms with van der Waals surface area (Å²) in [6, 6.07) is 16.8. The lowest BCUT2D eigenvalue weighted by Gasteiger charge is -1.96. The van der Waals surface area contributed by atoms with Gasteiger partial charge in [-0.15, -0.1) is 56.7 Å². The molecule has 5 rings (SSSR count). The van der Waals surface area contributed by atoms with Crippen LogP contribution in [-0.4, -0.2) is 12.6 Å². The van der Waals surface area contributed by atoms with Crippen molar-refractivity contribution in [3.05, 3.63) is 69.4 Å². The molecule has 0 radical (unpaired) electrons. The van der Waals surface area contributed by atoms with Gasteiger partial charge in [0.2, 0.25) is 0 Å². The molecule has 0 aliphatic carbocycles. The summed E-state index contributed by atoms with van der Waals surface area (Å²) in [5, 5.41) is 0. The fraction of sp³-hybridized carbons (Fsp3) is 0.241. The second-order valence-corrected chi connectivity index (χ2v) is 14.3. The van der Waals surface area contributed by atoms with Crippen LogP contribution >= 0.6 is 56.7 Å². The van der Waals surface area contributed by atoms with E-state index in [9.17, 15) is 9.59 Å². The van der Waals surface area contributed by atoms with E-state index in [1.165, 1.54) is 45.2 Å². The van der Waals surface area contributed by atoms with Crippen molar-refractivity contribution in [2.24, 2.45) is 0 Å². The van der Waals surface area contributed by atoms with E-state index in [0.29, 0.717) is 0 Å². The summed E-state index contributed by atoms with van der Waals surface area (Å²) in [6.45, 7) is 4.34. The molecule has 0 fully saturated rings. The highest BCUT2D eigenvalue weighted by atomic mass is 32.1. The van der Waals surface area contributed by atoms with Gasteiger partial charge in [0.25, 0.3) is 0 Å². The zero-order valence-electron chi connectivity index (χ0n) is 20.2. The predicted octanol–water partition coefficient (Wildman–Crippen LogP) is 10.7. The zero-order chi connectivity index (χ0) is 25.1. The first-order valence-corrected chi connectivity index (χ1v) is 16.1. The average molecular weight is 567 g/mol. The fourth-order valence-corrected chi connectivity index (χ4v) is 9.74. The van der Waals surface area contributed by atoms with Crippen LogP contribution in [0.2, 0.25) is 0 Å². The lowest BCUT2D eigenvalue weighted by molar-refractivity contribution is 0.111. The highest BCUT2D eigenvalue weighted by Crippen LogP contribution is 2.47. The molecule has 2 nitrogen and oxygen atoms in total. The van der Waals surface area contributed by atoms with Gasteiger partial charge in [-0.3, -0.25) is 9.59 Å². The number of unbranched alkanes of at least 4 members (excludes halogenated alkanes) is 3. The molecule has 0 amide bonds. The Bertz CT molecular complexity index is 1490. The van der Waals surface area contributed by atoms with Crippen molar-refractivity contribution in [3.8, 4) is 39.0 Å². The first-order chi connectivity index (χ1) is 17.6. The van der Waals surface area contributed by atoms with Gasteiger partial charge in [-0.1, -0.05) is 26.2 Å². The maximum absolute atomic E-state index is 12.0. The summed E-state index contributed by atoms with van der Waals surface area (Å²) in [6.07, 6.45) is 8.12. The average Bonchev–Trinajstić information content (AvgIpc) is 3.70. The molecule has 0 bridgehead atoms. The zero-order valence-corrected chi connectivity index (χ0v) is 24.2. The largest absolute Gasteiger partial charge is 0.298 e. The third kappa shape index (κ3) is 5.41. The van der Waals surface area contributed by atoms with Crippen LogP contribution in [-0.2, 0) is 6.42 Å². The molecular formula is C29H26O2S5. The van der Waals surface area contributed by atoms with Crippen molar-refractivity contribution in [2.75, 3.05) is 0 Å². The highest BCUT2D eigenvalue weighted by Gasteiger charge is 2.18. The molecule has 0 aromatic carbocycles. The number of carbonyl (C=O) groups is 2. The van der Waals surface area contributed by atoms with Crippen molar-refractivity contribution in [1.82, 2.24) is 0 Å². The number of aryl methyl sites for hydroxylation is 2. The second kappa shape index (κ2) is 11.5. The van der Waals surface area contributed by atoms with Crippen LogP contribution in [0.4, 0.5) is 0 Å². The molecule has 0 saturated heterocycles. The fourth-order valence-electron chi connectivity index (χ4n) is 4.13. The number of carbonyl (C=O) groups excluding carboxylic acids is 2. The van der Waals surface area contributed by atoms with Gasteiger partial charge >= 0.3 is 0 Å². The van der Waals surface area contributed by atoms with E-state index in [2.05, 4.69) is 50.2 Å². The van der Waals surface area contributed by atoms with Gasteiger partial charge in [-0.05, 0) is 68.3 Å². The van der Waals surface area contributed by atoms with Gasteiger partial charge in [0, 0.05) is 50.1 Å². The van der Waals surface area contributed by atoms with Crippen molar-refractivity contribution in [1.29, 1.82) is 0 Å². The Labute approximate surface area is 231 Å². The van der Waals surface area contributed by atoms with Crippen LogP contribution in [0.1, 0.15) is 63.1 Å². The van der Waals surface area contributed by atoms with E-state index >= 15 is 0 Å². The van der Waals surface area contributed by atoms with Crippen LogP contribution < -0.4 is 0 Å². The smallest absolute Gasteiger partial charge is 0.151 e. The molecule has 5 heterocycles. The van der Waals surface area contributed by atoms with Gasteiger partial charge in [0.1, 0.15) is 0 Å². The van der Waals surface area contributed by atoms with E-state index in [1.54, 1.807) is 45.3 Å². The molecule has 0 saturated carbocycles. The van der Waals surface area contributed by atoms with Crippen molar-refractivity contribution >= 4 is 69.3 Å². The van der Waals surface area contributed by atoms with Crippen LogP contribution in [0.25, 0.3) is 39.0 Å². The SMILES string of the molecule is CCCCCCc1ccc(-c2cc(C=O)c(-c3ccc(-c4sc(-c5ccc(C)s5)cc4C=O)s3)s2)s1. The summed E-state index contributed by atoms with van der Waals surface area (Å²) in [4.78, 5) is 35.3. The first kappa shape index (κ1) is 25.5. The Kier molecular flexibility index (Phi) is 8.13. The molecule has 0 N–H and O–H groups in total. The van der Waals surface area contributed by atoms with E-state index in [-0.39, 0.29) is 0 Å². The number of hydrogen-bond donors (Lipinski definition) is 0. The number of rotatable bonds is 11. The van der Waals surface area contributed by atoms with Gasteiger partial charge in [0.15, 0.2) is 12.6 Å². The third-order valence-electron chi connectivity index (χ3n) is 5.99. The summed E-state index contributed by atoms with van der Waals surface area (Å²) in [7, 11) is 0. The molecule has 0 aliphatic heterocycles. The standard InChI is InChI=1S/C29H26O2S5/c1-3-4-5-6-7-21-9-11-23(33-21)27-15-20(17-31)29(36-27)25-13-12-24(34-25)28-19(16-30)14-26(35-28)22-10-8-18(2)32-22/h8-17H,3-7H2,1-2H3. The van der Waals surface area contributed by atoms with E-state index < -0.39 is 0 Å². The maximum Gasteiger partial charge on any atom is 0.151 e. The Morgan fingerprint density at radius 3 is 1.75 bits per heavy atom. The second-order valence-electron chi connectivity index (χ2n) is 8.68. The molecule has 0 unspecified atom stereocenters. The quantitative estimate of drug-likeness (QED) is 0.118. The molecule has 5 aromatic heterocycles. The Balaban J connectivity index is 1.41. The molecule has 0 spiro atoms. The van der Waals surface area contributed by atoms with Gasteiger partial charge in [-0.25, -0.2) is 0 Å². The summed E-state index contributed by atoms with van der Waals surface area (Å²) in [5.74, 6) is 0. The lowest BCUT2D eigenvalue weighted by atomic mass is 10.1. The lowest BCUT2D eigenvalue weighted by Crippen LogP contribution is -1.80. The molecule has 184 valence electrons. The first-order valence-electron chi connectivity index (χ1n) is 12.0. The van der Waals surface area contributed by atoms with Gasteiger partial charge in [-0.2, -0.15) is 0 Å². The highest BCUT2D eigenvalue weighted by molar-refractivity contribution is 7.30. The molecule has 36 heavy (non-hydrogen) atoms. The topological polar surface area (TPSA) is 34.1 Å². The Morgan fingerprint density at radius 1 is 0.611 bits per heavy atom. The molecular weight excluding hydrogens is 541 g/mol. The predicted molar refractivity (Wildman–Crippen MR) is 161 cm³/mol. The molecule has 7 heteroatoms. The number of hydrogen-bond acceptors (Lipinski definition) is 7. The molecule has 0 aliphatic rings. The van der Waals surface area contributed by atoms with Crippen LogP contribution in [0.15, 0.2) is 48.5 Å². The van der Waals surface area contributed by atoms with E-state index in [0.717, 1.165) is 59.4 Å². The minimum atomic E-state index is 0.724. The minimum absolute atomic E-state index is 0.724. The van der Waals surface area contributed by atoms with Crippen LogP contribution in [0, 0.1) is 6.92 Å². The summed E-state index contributed by atoms with van der Waals surface area (Å²) in [5.41, 5.74) is 1.46. The molecule has 5 aromatic rings. The minimum Gasteiger partial charge on any atom is -0.298 e. The molecule has 0 atom stereocenters. The van der Waals surface area contributed by atoms with Crippen LogP contribution in [0.3, 0.4) is 0 Å². The van der Waals surface area contributed by atoms with Gasteiger partial charge in [0.05, 0.1) is 9.75 Å². The third-order valence-corrected chi connectivity index (χ3v) is 12.3. The van der Waals surface area contributed by atoms with E-state index in [1.807, 2.05) is 23.5 Å². The van der Waals surface area contributed by atoms with Crippen molar-refractivity contribution < 1.29 is 9.59 Å². The van der Waals surface area contributed by atoms with Crippen molar-refractivity contribution in [3.63, 3.8) is 0 Å². The maximum atomic E-state index is 12.0. The summed E-state index contributed by atoms with van der Waals surface area (Å²) < 4.78 is 0. The van der Waals surface area contributed by atoms with Crippen molar-refractivity contribution in [2.45, 2.75) is 46.0 Å². The van der Waals surface area contributed by atoms with Gasteiger partial charge < -0.3 is 0 Å². The Hall–Kier alpha value is -2.16. The number of aldehydes is 2. The van der Waals surface area contributed by atoms with Crippen LogP contribution in [0.5, 0.6) is 0 Å². The monoisotopic (exact) mass is 566 g/mol. The van der Waals surface area contributed by atoms with E-state index in [4.69, 9.17) is 0 Å². The normalized spacial score (nSPS) is 11.3. The summed E-state index contributed by atoms with van der Waals surface area (Å²) >= 11 is 8.59. The Morgan fingerprint density at radius 2 is 1.19 bits per heavy atom.